The number of amides is 1. The van der Waals surface area contributed by atoms with Crippen molar-refractivity contribution in [1.29, 1.82) is 0 Å². The number of hydrogen-bond acceptors (Lipinski definition) is 2. The average Bonchev–Trinajstić information content (AvgIpc) is 2.99. The number of carbonyl (C=O) groups excluding carboxylic acids is 1. The molecule has 0 unspecified atom stereocenters. The zero-order valence-electron chi connectivity index (χ0n) is 12.6. The smallest absolute Gasteiger partial charge is 0.291 e. The summed E-state index contributed by atoms with van der Waals surface area (Å²) in [7, 11) is 0. The van der Waals surface area contributed by atoms with Crippen LogP contribution in [-0.2, 0) is 0 Å². The minimum absolute atomic E-state index is 0.243. The molecule has 0 spiro atoms. The van der Waals surface area contributed by atoms with E-state index in [1.807, 2.05) is 68.5 Å². The number of anilines is 1. The number of carbonyl (C=O) groups is 1. The minimum atomic E-state index is -0.243. The molecule has 22 heavy (non-hydrogen) atoms. The molecule has 0 saturated carbocycles. The van der Waals surface area contributed by atoms with E-state index in [1.165, 1.54) is 0 Å². The molecule has 0 bridgehead atoms. The van der Waals surface area contributed by atoms with Crippen LogP contribution in [0.3, 0.4) is 0 Å². The fraction of sp³-hybridized carbons (Fsp3) is 0.105. The Morgan fingerprint density at radius 2 is 1.82 bits per heavy atom. The van der Waals surface area contributed by atoms with E-state index < -0.39 is 0 Å². The maximum absolute atomic E-state index is 12.4. The van der Waals surface area contributed by atoms with Gasteiger partial charge in [0.25, 0.3) is 5.91 Å². The highest BCUT2D eigenvalue weighted by Crippen LogP contribution is 2.25. The van der Waals surface area contributed by atoms with Crippen LogP contribution in [0.15, 0.2) is 65.1 Å². The van der Waals surface area contributed by atoms with Crippen molar-refractivity contribution in [3.8, 4) is 0 Å². The Labute approximate surface area is 129 Å². The van der Waals surface area contributed by atoms with Gasteiger partial charge in [0.15, 0.2) is 5.76 Å². The molecule has 0 aliphatic rings. The highest BCUT2D eigenvalue weighted by Gasteiger charge is 2.14. The number of hydrogen-bond donors (Lipinski definition) is 1. The first-order valence-corrected chi connectivity index (χ1v) is 7.21. The number of furan rings is 1. The molecule has 1 amide bonds. The molecule has 110 valence electrons. The van der Waals surface area contributed by atoms with Gasteiger partial charge in [-0.25, -0.2) is 0 Å². The first kappa shape index (κ1) is 14.1. The molecule has 3 nitrogen and oxygen atoms in total. The van der Waals surface area contributed by atoms with Gasteiger partial charge in [0.2, 0.25) is 0 Å². The molecule has 0 aliphatic carbocycles. The standard InChI is InChI=1S/C19H17NO2/c1-3-13(2)15-9-5-6-10-16(15)20-19(21)18-12-14-8-4-7-11-17(14)22-18/h3-12H,1-2H3,(H,20,21)/b13-3+. The van der Waals surface area contributed by atoms with Crippen molar-refractivity contribution >= 4 is 28.1 Å². The van der Waals surface area contributed by atoms with Gasteiger partial charge < -0.3 is 9.73 Å². The minimum Gasteiger partial charge on any atom is -0.451 e. The van der Waals surface area contributed by atoms with Gasteiger partial charge in [-0.1, -0.05) is 42.5 Å². The second-order valence-electron chi connectivity index (χ2n) is 5.12. The molecule has 1 aromatic heterocycles. The van der Waals surface area contributed by atoms with Gasteiger partial charge in [0.05, 0.1) is 0 Å². The molecule has 0 fully saturated rings. The molecular formula is C19H17NO2. The first-order valence-electron chi connectivity index (χ1n) is 7.21. The predicted octanol–water partition coefficient (Wildman–Crippen LogP) is 5.11. The molecule has 3 heteroatoms. The van der Waals surface area contributed by atoms with Crippen LogP contribution < -0.4 is 5.32 Å². The van der Waals surface area contributed by atoms with Crippen LogP contribution in [0.2, 0.25) is 0 Å². The second kappa shape index (κ2) is 5.90. The molecule has 0 aliphatic heterocycles. The Kier molecular flexibility index (Phi) is 3.79. The summed E-state index contributed by atoms with van der Waals surface area (Å²) in [6.07, 6.45) is 2.02. The summed E-state index contributed by atoms with van der Waals surface area (Å²) < 4.78 is 5.60. The van der Waals surface area contributed by atoms with Crippen LogP contribution >= 0.6 is 0 Å². The van der Waals surface area contributed by atoms with E-state index in [2.05, 4.69) is 5.32 Å². The number of rotatable bonds is 3. The fourth-order valence-electron chi connectivity index (χ4n) is 2.37. The molecule has 0 radical (unpaired) electrons. The van der Waals surface area contributed by atoms with E-state index in [0.29, 0.717) is 11.3 Å². The van der Waals surface area contributed by atoms with Crippen LogP contribution in [0.5, 0.6) is 0 Å². The molecule has 2 aromatic carbocycles. The van der Waals surface area contributed by atoms with E-state index in [-0.39, 0.29) is 5.91 Å². The summed E-state index contributed by atoms with van der Waals surface area (Å²) in [5, 5.41) is 3.85. The van der Waals surface area contributed by atoms with Gasteiger partial charge in [-0.3, -0.25) is 4.79 Å². The lowest BCUT2D eigenvalue weighted by molar-refractivity contribution is 0.0998. The number of benzene rings is 2. The maximum Gasteiger partial charge on any atom is 0.291 e. The van der Waals surface area contributed by atoms with Crippen LogP contribution in [0.1, 0.15) is 30.0 Å². The molecule has 0 saturated heterocycles. The maximum atomic E-state index is 12.4. The van der Waals surface area contributed by atoms with E-state index in [1.54, 1.807) is 6.07 Å². The summed E-state index contributed by atoms with van der Waals surface area (Å²) in [5.74, 6) is 0.0710. The van der Waals surface area contributed by atoms with Crippen molar-refractivity contribution < 1.29 is 9.21 Å². The topological polar surface area (TPSA) is 42.2 Å². The predicted molar refractivity (Wildman–Crippen MR) is 89.9 cm³/mol. The highest BCUT2D eigenvalue weighted by atomic mass is 16.3. The average molecular weight is 291 g/mol. The van der Waals surface area contributed by atoms with E-state index in [0.717, 1.165) is 22.2 Å². The second-order valence-corrected chi connectivity index (χ2v) is 5.12. The van der Waals surface area contributed by atoms with Gasteiger partial charge in [0.1, 0.15) is 5.58 Å². The Bertz CT molecular complexity index is 826. The number of fused-ring (bicyclic) bond motifs is 1. The lowest BCUT2D eigenvalue weighted by Gasteiger charge is -2.10. The highest BCUT2D eigenvalue weighted by molar-refractivity contribution is 6.05. The lowest BCUT2D eigenvalue weighted by atomic mass is 10.1. The molecule has 1 heterocycles. The van der Waals surface area contributed by atoms with Gasteiger partial charge in [-0.2, -0.15) is 0 Å². The Morgan fingerprint density at radius 1 is 1.09 bits per heavy atom. The number of para-hydroxylation sites is 2. The van der Waals surface area contributed by atoms with Crippen molar-refractivity contribution in [1.82, 2.24) is 0 Å². The molecule has 3 aromatic rings. The van der Waals surface area contributed by atoms with Crippen molar-refractivity contribution in [2.45, 2.75) is 13.8 Å². The number of allylic oxidation sites excluding steroid dienone is 2. The van der Waals surface area contributed by atoms with E-state index in [4.69, 9.17) is 4.42 Å². The fourth-order valence-corrected chi connectivity index (χ4v) is 2.37. The molecule has 1 N–H and O–H groups in total. The summed E-state index contributed by atoms with van der Waals surface area (Å²) in [6.45, 7) is 4.00. The van der Waals surface area contributed by atoms with Crippen molar-refractivity contribution in [2.75, 3.05) is 5.32 Å². The first-order chi connectivity index (χ1) is 10.7. The van der Waals surface area contributed by atoms with Gasteiger partial charge >= 0.3 is 0 Å². The third kappa shape index (κ3) is 2.66. The monoisotopic (exact) mass is 291 g/mol. The Balaban J connectivity index is 1.91. The van der Waals surface area contributed by atoms with Crippen LogP contribution in [0.4, 0.5) is 5.69 Å². The largest absolute Gasteiger partial charge is 0.451 e. The SMILES string of the molecule is C/C=C(\C)c1ccccc1NC(=O)c1cc2ccccc2o1. The van der Waals surface area contributed by atoms with Gasteiger partial charge in [-0.05, 0) is 37.6 Å². The number of nitrogens with one attached hydrogen (secondary N) is 1. The van der Waals surface area contributed by atoms with Gasteiger partial charge in [0, 0.05) is 16.6 Å². The summed E-state index contributed by atoms with van der Waals surface area (Å²) >= 11 is 0. The zero-order valence-corrected chi connectivity index (χ0v) is 12.6. The van der Waals surface area contributed by atoms with E-state index in [9.17, 15) is 4.79 Å². The molecule has 0 atom stereocenters. The third-order valence-corrected chi connectivity index (χ3v) is 3.68. The Morgan fingerprint density at radius 3 is 2.59 bits per heavy atom. The lowest BCUT2D eigenvalue weighted by Crippen LogP contribution is -2.12. The van der Waals surface area contributed by atoms with Crippen molar-refractivity contribution in [3.05, 3.63) is 72.0 Å². The van der Waals surface area contributed by atoms with E-state index >= 15 is 0 Å². The third-order valence-electron chi connectivity index (χ3n) is 3.68. The normalized spacial score (nSPS) is 11.6. The van der Waals surface area contributed by atoms with Crippen LogP contribution in [0, 0.1) is 0 Å². The van der Waals surface area contributed by atoms with Crippen LogP contribution in [0.25, 0.3) is 16.5 Å². The zero-order chi connectivity index (χ0) is 15.5. The molecular weight excluding hydrogens is 274 g/mol. The molecule has 3 rings (SSSR count). The summed E-state index contributed by atoms with van der Waals surface area (Å²) in [6, 6.07) is 17.1. The summed E-state index contributed by atoms with van der Waals surface area (Å²) in [4.78, 5) is 12.4. The van der Waals surface area contributed by atoms with Gasteiger partial charge in [-0.15, -0.1) is 0 Å². The van der Waals surface area contributed by atoms with Crippen molar-refractivity contribution in [2.24, 2.45) is 0 Å². The quantitative estimate of drug-likeness (QED) is 0.728. The van der Waals surface area contributed by atoms with Crippen molar-refractivity contribution in [3.63, 3.8) is 0 Å². The Hall–Kier alpha value is -2.81. The van der Waals surface area contributed by atoms with Crippen LogP contribution in [-0.4, -0.2) is 5.91 Å². The summed E-state index contributed by atoms with van der Waals surface area (Å²) in [5.41, 5.74) is 3.61.